The largest absolute Gasteiger partial charge is 0.496 e. The Balaban J connectivity index is 1.94. The lowest BCUT2D eigenvalue weighted by Gasteiger charge is -2.13. The molecule has 1 unspecified atom stereocenters. The summed E-state index contributed by atoms with van der Waals surface area (Å²) in [5.41, 5.74) is 1.00. The van der Waals surface area contributed by atoms with Gasteiger partial charge in [0.2, 0.25) is 0 Å². The molecular weight excluding hydrogens is 308 g/mol. The standard InChI is InChI=1S/C15H17BrO3/c1-18-15-7-4-12(16)9-11(15)10-13(17)5-6-14-3-2-8-19-14/h2-4,7-9,13,17H,5-6,10H2,1H3. The van der Waals surface area contributed by atoms with Crippen molar-refractivity contribution < 1.29 is 14.3 Å². The Kier molecular flexibility index (Phi) is 5.05. The van der Waals surface area contributed by atoms with Gasteiger partial charge in [-0.2, -0.15) is 0 Å². The molecule has 0 bridgehead atoms. The second kappa shape index (κ2) is 6.78. The quantitative estimate of drug-likeness (QED) is 0.883. The first-order chi connectivity index (χ1) is 9.19. The second-order valence-electron chi connectivity index (χ2n) is 4.43. The van der Waals surface area contributed by atoms with Gasteiger partial charge in [-0.3, -0.25) is 0 Å². The van der Waals surface area contributed by atoms with Crippen LogP contribution in [-0.4, -0.2) is 18.3 Å². The number of rotatable bonds is 6. The fourth-order valence-electron chi connectivity index (χ4n) is 2.03. The Morgan fingerprint density at radius 2 is 2.21 bits per heavy atom. The van der Waals surface area contributed by atoms with Gasteiger partial charge in [-0.15, -0.1) is 0 Å². The molecule has 2 aromatic rings. The van der Waals surface area contributed by atoms with Crippen molar-refractivity contribution in [2.75, 3.05) is 7.11 Å². The number of hydrogen-bond acceptors (Lipinski definition) is 3. The van der Waals surface area contributed by atoms with Crippen LogP contribution in [0.1, 0.15) is 17.7 Å². The molecular formula is C15H17BrO3. The van der Waals surface area contributed by atoms with Gasteiger partial charge in [-0.25, -0.2) is 0 Å². The van der Waals surface area contributed by atoms with Crippen LogP contribution in [0.3, 0.4) is 0 Å². The Morgan fingerprint density at radius 3 is 2.89 bits per heavy atom. The molecule has 1 aromatic carbocycles. The first-order valence-electron chi connectivity index (χ1n) is 6.22. The smallest absolute Gasteiger partial charge is 0.122 e. The van der Waals surface area contributed by atoms with E-state index < -0.39 is 6.10 Å². The summed E-state index contributed by atoms with van der Waals surface area (Å²) < 4.78 is 11.5. The van der Waals surface area contributed by atoms with Crippen molar-refractivity contribution in [2.45, 2.75) is 25.4 Å². The number of aliphatic hydroxyl groups is 1. The highest BCUT2D eigenvalue weighted by Gasteiger charge is 2.11. The van der Waals surface area contributed by atoms with Crippen molar-refractivity contribution >= 4 is 15.9 Å². The summed E-state index contributed by atoms with van der Waals surface area (Å²) in [7, 11) is 1.64. The normalized spacial score (nSPS) is 12.4. The van der Waals surface area contributed by atoms with Crippen LogP contribution in [0.5, 0.6) is 5.75 Å². The summed E-state index contributed by atoms with van der Waals surface area (Å²) in [6, 6.07) is 9.59. The van der Waals surface area contributed by atoms with Crippen LogP contribution < -0.4 is 4.74 Å². The summed E-state index contributed by atoms with van der Waals surface area (Å²) in [4.78, 5) is 0. The van der Waals surface area contributed by atoms with Crippen LogP contribution in [0, 0.1) is 0 Å². The van der Waals surface area contributed by atoms with E-state index in [0.29, 0.717) is 12.8 Å². The molecule has 1 atom stereocenters. The Bertz CT molecular complexity index is 508. The third kappa shape index (κ3) is 4.11. The molecule has 1 aromatic heterocycles. The maximum Gasteiger partial charge on any atom is 0.122 e. The van der Waals surface area contributed by atoms with Crippen molar-refractivity contribution in [1.29, 1.82) is 0 Å². The van der Waals surface area contributed by atoms with E-state index in [1.807, 2.05) is 30.3 Å². The van der Waals surface area contributed by atoms with Crippen molar-refractivity contribution in [2.24, 2.45) is 0 Å². The number of halogens is 1. The van der Waals surface area contributed by atoms with Gasteiger partial charge >= 0.3 is 0 Å². The highest BCUT2D eigenvalue weighted by Crippen LogP contribution is 2.25. The zero-order valence-electron chi connectivity index (χ0n) is 10.8. The van der Waals surface area contributed by atoms with Crippen molar-refractivity contribution in [1.82, 2.24) is 0 Å². The van der Waals surface area contributed by atoms with Crippen LogP contribution >= 0.6 is 15.9 Å². The minimum atomic E-state index is -0.409. The van der Waals surface area contributed by atoms with Gasteiger partial charge < -0.3 is 14.3 Å². The van der Waals surface area contributed by atoms with E-state index >= 15 is 0 Å². The number of methoxy groups -OCH3 is 1. The lowest BCUT2D eigenvalue weighted by Crippen LogP contribution is -2.12. The molecule has 0 spiro atoms. The third-order valence-corrected chi connectivity index (χ3v) is 3.50. The minimum absolute atomic E-state index is 0.409. The highest BCUT2D eigenvalue weighted by atomic mass is 79.9. The van der Waals surface area contributed by atoms with Crippen LogP contribution in [0.15, 0.2) is 45.5 Å². The Labute approximate surface area is 121 Å². The minimum Gasteiger partial charge on any atom is -0.496 e. The summed E-state index contributed by atoms with van der Waals surface area (Å²) in [5.74, 6) is 1.71. The molecule has 4 heteroatoms. The number of hydrogen-bond donors (Lipinski definition) is 1. The molecule has 0 fully saturated rings. The fraction of sp³-hybridized carbons (Fsp3) is 0.333. The maximum atomic E-state index is 10.1. The third-order valence-electron chi connectivity index (χ3n) is 3.00. The molecule has 0 aliphatic rings. The predicted molar refractivity (Wildman–Crippen MR) is 77.4 cm³/mol. The van der Waals surface area contributed by atoms with Gasteiger partial charge in [0.25, 0.3) is 0 Å². The van der Waals surface area contributed by atoms with Crippen molar-refractivity contribution in [3.8, 4) is 5.75 Å². The van der Waals surface area contributed by atoms with Gasteiger partial charge in [-0.05, 0) is 42.3 Å². The van der Waals surface area contributed by atoms with Crippen LogP contribution in [-0.2, 0) is 12.8 Å². The van der Waals surface area contributed by atoms with E-state index in [4.69, 9.17) is 9.15 Å². The zero-order chi connectivity index (χ0) is 13.7. The van der Waals surface area contributed by atoms with Gasteiger partial charge in [0.1, 0.15) is 11.5 Å². The predicted octanol–water partition coefficient (Wildman–Crippen LogP) is 3.59. The highest BCUT2D eigenvalue weighted by molar-refractivity contribution is 9.10. The van der Waals surface area contributed by atoms with Gasteiger partial charge in [0, 0.05) is 17.3 Å². The van der Waals surface area contributed by atoms with Crippen LogP contribution in [0.4, 0.5) is 0 Å². The van der Waals surface area contributed by atoms with Gasteiger partial charge in [0.15, 0.2) is 0 Å². The first-order valence-corrected chi connectivity index (χ1v) is 7.01. The molecule has 0 aliphatic heterocycles. The van der Waals surface area contributed by atoms with E-state index in [2.05, 4.69) is 15.9 Å². The number of furan rings is 1. The molecule has 0 aliphatic carbocycles. The molecule has 102 valence electrons. The van der Waals surface area contributed by atoms with Crippen LogP contribution in [0.2, 0.25) is 0 Å². The molecule has 0 saturated heterocycles. The topological polar surface area (TPSA) is 42.6 Å². The molecule has 1 N–H and O–H groups in total. The van der Waals surface area contributed by atoms with E-state index in [1.54, 1.807) is 13.4 Å². The number of aryl methyl sites for hydroxylation is 1. The average molecular weight is 325 g/mol. The maximum absolute atomic E-state index is 10.1. The monoisotopic (exact) mass is 324 g/mol. The Hall–Kier alpha value is -1.26. The van der Waals surface area contributed by atoms with E-state index in [0.717, 1.165) is 28.0 Å². The van der Waals surface area contributed by atoms with Gasteiger partial charge in [0.05, 0.1) is 19.5 Å². The van der Waals surface area contributed by atoms with E-state index in [9.17, 15) is 5.11 Å². The second-order valence-corrected chi connectivity index (χ2v) is 5.35. The lowest BCUT2D eigenvalue weighted by molar-refractivity contribution is 0.162. The summed E-state index contributed by atoms with van der Waals surface area (Å²) in [5, 5.41) is 10.1. The van der Waals surface area contributed by atoms with E-state index in [1.165, 1.54) is 0 Å². The zero-order valence-corrected chi connectivity index (χ0v) is 12.4. The number of ether oxygens (including phenoxy) is 1. The Morgan fingerprint density at radius 1 is 1.37 bits per heavy atom. The first kappa shape index (κ1) is 14.2. The number of aliphatic hydroxyl groups excluding tert-OH is 1. The summed E-state index contributed by atoms with van der Waals surface area (Å²) in [6.45, 7) is 0. The fourth-order valence-corrected chi connectivity index (χ4v) is 2.43. The van der Waals surface area contributed by atoms with E-state index in [-0.39, 0.29) is 0 Å². The van der Waals surface area contributed by atoms with Gasteiger partial charge in [-0.1, -0.05) is 15.9 Å². The molecule has 19 heavy (non-hydrogen) atoms. The number of benzene rings is 1. The summed E-state index contributed by atoms with van der Waals surface area (Å²) >= 11 is 3.43. The molecule has 0 amide bonds. The average Bonchev–Trinajstić information content (AvgIpc) is 2.90. The summed E-state index contributed by atoms with van der Waals surface area (Å²) in [6.07, 6.45) is 3.23. The van der Waals surface area contributed by atoms with Crippen molar-refractivity contribution in [3.63, 3.8) is 0 Å². The molecule has 0 saturated carbocycles. The lowest BCUT2D eigenvalue weighted by atomic mass is 10.0. The molecule has 2 rings (SSSR count). The van der Waals surface area contributed by atoms with Crippen LogP contribution in [0.25, 0.3) is 0 Å². The SMILES string of the molecule is COc1ccc(Br)cc1CC(O)CCc1ccco1. The molecule has 3 nitrogen and oxygen atoms in total. The van der Waals surface area contributed by atoms with Crippen molar-refractivity contribution in [3.05, 3.63) is 52.4 Å². The molecule has 1 heterocycles. The molecule has 0 radical (unpaired) electrons.